The third-order valence-electron chi connectivity index (χ3n) is 3.95. The van der Waals surface area contributed by atoms with Crippen molar-refractivity contribution >= 4 is 6.29 Å². The predicted octanol–water partition coefficient (Wildman–Crippen LogP) is 4.75. The fourth-order valence-corrected chi connectivity index (χ4v) is 2.96. The molecule has 0 saturated heterocycles. The second-order valence-corrected chi connectivity index (χ2v) is 6.48. The molecule has 0 radical (unpaired) electrons. The molecule has 2 heteroatoms. The molecule has 2 nitrogen and oxygen atoms in total. The second kappa shape index (κ2) is 6.78. The lowest BCUT2D eigenvalue weighted by Crippen LogP contribution is -2.21. The number of carbonyl (C=O) groups excluding carboxylic acids is 1. The Morgan fingerprint density at radius 1 is 1.09 bits per heavy atom. The Hall–Kier alpha value is -2.09. The smallest absolute Gasteiger partial charge is 0.124 e. The van der Waals surface area contributed by atoms with E-state index in [0.29, 0.717) is 13.0 Å². The summed E-state index contributed by atoms with van der Waals surface area (Å²) in [7, 11) is 0. The molecule has 2 aromatic carbocycles. The van der Waals surface area contributed by atoms with Crippen LogP contribution in [-0.4, -0.2) is 6.29 Å². The lowest BCUT2D eigenvalue weighted by Gasteiger charge is -2.28. The second-order valence-electron chi connectivity index (χ2n) is 6.48. The van der Waals surface area contributed by atoms with E-state index >= 15 is 0 Å². The normalized spacial score (nSPS) is 11.3. The Bertz CT molecular complexity index is 642. The molecule has 0 saturated carbocycles. The molecule has 0 aliphatic carbocycles. The van der Waals surface area contributed by atoms with E-state index in [9.17, 15) is 4.79 Å². The van der Waals surface area contributed by atoms with E-state index < -0.39 is 0 Å². The van der Waals surface area contributed by atoms with Gasteiger partial charge in [0.25, 0.3) is 0 Å². The summed E-state index contributed by atoms with van der Waals surface area (Å²) >= 11 is 0. The maximum absolute atomic E-state index is 11.0. The van der Waals surface area contributed by atoms with Crippen LogP contribution in [0.15, 0.2) is 42.5 Å². The summed E-state index contributed by atoms with van der Waals surface area (Å²) in [6.07, 6.45) is 1.47. The zero-order valence-electron chi connectivity index (χ0n) is 13.8. The summed E-state index contributed by atoms with van der Waals surface area (Å²) in [5, 5.41) is 0. The summed E-state index contributed by atoms with van der Waals surface area (Å²) in [4.78, 5) is 11.0. The van der Waals surface area contributed by atoms with Crippen LogP contribution in [-0.2, 0) is 16.8 Å². The molecule has 0 aromatic heterocycles. The zero-order chi connectivity index (χ0) is 16.2. The van der Waals surface area contributed by atoms with Gasteiger partial charge in [0.05, 0.1) is 0 Å². The minimum Gasteiger partial charge on any atom is -0.489 e. The fraction of sp³-hybridized carbons (Fsp3) is 0.350. The Labute approximate surface area is 133 Å². The van der Waals surface area contributed by atoms with Crippen LogP contribution in [0.1, 0.15) is 42.5 Å². The van der Waals surface area contributed by atoms with Crippen LogP contribution in [0.25, 0.3) is 0 Å². The van der Waals surface area contributed by atoms with Crippen LogP contribution in [0.4, 0.5) is 0 Å². The SMILES string of the molecule is Cc1cc(C)c(C(C)(C)CC=O)c(OCc2ccccc2)c1. The Morgan fingerprint density at radius 3 is 2.41 bits per heavy atom. The van der Waals surface area contributed by atoms with Crippen molar-refractivity contribution in [1.29, 1.82) is 0 Å². The Morgan fingerprint density at radius 2 is 1.77 bits per heavy atom. The lowest BCUT2D eigenvalue weighted by atomic mass is 9.78. The quantitative estimate of drug-likeness (QED) is 0.719. The van der Waals surface area contributed by atoms with Crippen molar-refractivity contribution in [3.63, 3.8) is 0 Å². The maximum atomic E-state index is 11.0. The Kier molecular flexibility index (Phi) is 5.02. The van der Waals surface area contributed by atoms with E-state index in [2.05, 4.69) is 52.0 Å². The number of hydrogen-bond acceptors (Lipinski definition) is 2. The number of benzene rings is 2. The molecule has 116 valence electrons. The molecular formula is C20H24O2. The number of aryl methyl sites for hydroxylation is 2. The van der Waals surface area contributed by atoms with Crippen LogP contribution >= 0.6 is 0 Å². The minimum atomic E-state index is -0.231. The monoisotopic (exact) mass is 296 g/mol. The third kappa shape index (κ3) is 3.76. The highest BCUT2D eigenvalue weighted by Gasteiger charge is 2.26. The van der Waals surface area contributed by atoms with E-state index in [1.54, 1.807) is 0 Å². The molecule has 0 spiro atoms. The molecule has 22 heavy (non-hydrogen) atoms. The van der Waals surface area contributed by atoms with Crippen LogP contribution in [0.2, 0.25) is 0 Å². The lowest BCUT2D eigenvalue weighted by molar-refractivity contribution is -0.108. The van der Waals surface area contributed by atoms with Crippen molar-refractivity contribution in [3.8, 4) is 5.75 Å². The van der Waals surface area contributed by atoms with Crippen molar-refractivity contribution in [2.75, 3.05) is 0 Å². The minimum absolute atomic E-state index is 0.231. The van der Waals surface area contributed by atoms with Crippen molar-refractivity contribution in [2.45, 2.75) is 46.1 Å². The molecule has 0 heterocycles. The average Bonchev–Trinajstić information content (AvgIpc) is 2.45. The van der Waals surface area contributed by atoms with Crippen LogP contribution < -0.4 is 4.74 Å². The molecule has 0 aliphatic rings. The van der Waals surface area contributed by atoms with Crippen molar-refractivity contribution < 1.29 is 9.53 Å². The first-order valence-electron chi connectivity index (χ1n) is 7.66. The Balaban J connectivity index is 2.35. The van der Waals surface area contributed by atoms with Gasteiger partial charge in [-0.2, -0.15) is 0 Å². The number of rotatable bonds is 6. The first-order valence-corrected chi connectivity index (χ1v) is 7.66. The molecule has 2 aromatic rings. The van der Waals surface area contributed by atoms with Gasteiger partial charge in [0.1, 0.15) is 18.6 Å². The zero-order valence-corrected chi connectivity index (χ0v) is 13.8. The maximum Gasteiger partial charge on any atom is 0.124 e. The van der Waals surface area contributed by atoms with E-state index in [-0.39, 0.29) is 5.41 Å². The third-order valence-corrected chi connectivity index (χ3v) is 3.95. The van der Waals surface area contributed by atoms with E-state index in [4.69, 9.17) is 4.74 Å². The van der Waals surface area contributed by atoms with Crippen LogP contribution in [0, 0.1) is 13.8 Å². The first kappa shape index (κ1) is 16.3. The molecule has 0 fully saturated rings. The van der Waals surface area contributed by atoms with Crippen molar-refractivity contribution in [1.82, 2.24) is 0 Å². The summed E-state index contributed by atoms with van der Waals surface area (Å²) in [6, 6.07) is 14.3. The topological polar surface area (TPSA) is 26.3 Å². The van der Waals surface area contributed by atoms with Gasteiger partial charge in [0, 0.05) is 17.4 Å². The fourth-order valence-electron chi connectivity index (χ4n) is 2.96. The van der Waals surface area contributed by atoms with E-state index in [0.717, 1.165) is 23.2 Å². The average molecular weight is 296 g/mol. The standard InChI is InChI=1S/C20H24O2/c1-15-12-16(2)19(20(3,4)10-11-21)18(13-15)22-14-17-8-6-5-7-9-17/h5-9,11-13H,10,14H2,1-4H3. The molecule has 0 atom stereocenters. The van der Waals surface area contributed by atoms with Gasteiger partial charge in [0.2, 0.25) is 0 Å². The van der Waals surface area contributed by atoms with Gasteiger partial charge in [-0.05, 0) is 36.6 Å². The predicted molar refractivity (Wildman–Crippen MR) is 90.4 cm³/mol. The molecule has 0 amide bonds. The van der Waals surface area contributed by atoms with Gasteiger partial charge in [0.15, 0.2) is 0 Å². The molecule has 0 unspecified atom stereocenters. The van der Waals surface area contributed by atoms with Gasteiger partial charge in [-0.25, -0.2) is 0 Å². The van der Waals surface area contributed by atoms with Gasteiger partial charge in [-0.1, -0.05) is 50.2 Å². The molecule has 2 rings (SSSR count). The molecule has 0 aliphatic heterocycles. The highest BCUT2D eigenvalue weighted by molar-refractivity contribution is 5.56. The summed E-state index contributed by atoms with van der Waals surface area (Å²) in [5.41, 5.74) is 4.38. The summed E-state index contributed by atoms with van der Waals surface area (Å²) in [6.45, 7) is 8.87. The van der Waals surface area contributed by atoms with Crippen molar-refractivity contribution in [2.24, 2.45) is 0 Å². The highest BCUT2D eigenvalue weighted by atomic mass is 16.5. The number of carbonyl (C=O) groups is 1. The van der Waals surface area contributed by atoms with Crippen molar-refractivity contribution in [3.05, 3.63) is 64.7 Å². The summed E-state index contributed by atoms with van der Waals surface area (Å²) < 4.78 is 6.10. The van der Waals surface area contributed by atoms with Crippen LogP contribution in [0.5, 0.6) is 5.75 Å². The van der Waals surface area contributed by atoms with E-state index in [1.165, 1.54) is 11.1 Å². The van der Waals surface area contributed by atoms with Gasteiger partial charge < -0.3 is 9.53 Å². The number of hydrogen-bond donors (Lipinski definition) is 0. The first-order chi connectivity index (χ1) is 10.4. The number of aldehydes is 1. The van der Waals surface area contributed by atoms with E-state index in [1.807, 2.05) is 18.2 Å². The molecule has 0 N–H and O–H groups in total. The highest BCUT2D eigenvalue weighted by Crippen LogP contribution is 2.37. The van der Waals surface area contributed by atoms with Crippen LogP contribution in [0.3, 0.4) is 0 Å². The summed E-state index contributed by atoms with van der Waals surface area (Å²) in [5.74, 6) is 0.883. The molecule has 0 bridgehead atoms. The van der Waals surface area contributed by atoms with Gasteiger partial charge >= 0.3 is 0 Å². The van der Waals surface area contributed by atoms with Gasteiger partial charge in [-0.15, -0.1) is 0 Å². The largest absolute Gasteiger partial charge is 0.489 e. The number of ether oxygens (including phenoxy) is 1. The molecular weight excluding hydrogens is 272 g/mol. The van der Waals surface area contributed by atoms with Gasteiger partial charge in [-0.3, -0.25) is 0 Å².